The Morgan fingerprint density at radius 3 is 2.48 bits per heavy atom. The first-order chi connectivity index (χ1) is 10.3. The number of hydrogen-bond acceptors (Lipinski definition) is 3. The third-order valence-corrected chi connectivity index (χ3v) is 3.89. The minimum atomic E-state index is 0.187. The average Bonchev–Trinajstić information content (AvgIpc) is 2.98. The summed E-state index contributed by atoms with van der Waals surface area (Å²) in [6.07, 6.45) is 0. The standard InChI is InChI=1S/C18H21NO2/c1-3-21-17-8-6-13(7-9-17)18(19-2)14-4-5-15-11-20-12-16(15)10-14/h4-10,18-19H,3,11-12H2,1-2H3. The third kappa shape index (κ3) is 2.94. The van der Waals surface area contributed by atoms with Crippen LogP contribution in [0.5, 0.6) is 5.75 Å². The van der Waals surface area contributed by atoms with E-state index in [1.54, 1.807) is 0 Å². The molecule has 0 amide bonds. The number of ether oxygens (including phenoxy) is 2. The molecule has 110 valence electrons. The van der Waals surface area contributed by atoms with Crippen LogP contribution in [0.1, 0.15) is 35.2 Å². The van der Waals surface area contributed by atoms with Gasteiger partial charge in [0.05, 0.1) is 25.9 Å². The van der Waals surface area contributed by atoms with Gasteiger partial charge >= 0.3 is 0 Å². The Balaban J connectivity index is 1.87. The number of rotatable bonds is 5. The van der Waals surface area contributed by atoms with Crippen LogP contribution in [-0.2, 0) is 18.0 Å². The summed E-state index contributed by atoms with van der Waals surface area (Å²) in [6, 6.07) is 15.1. The molecule has 0 saturated carbocycles. The smallest absolute Gasteiger partial charge is 0.119 e. The molecule has 0 fully saturated rings. The summed E-state index contributed by atoms with van der Waals surface area (Å²) in [5, 5.41) is 3.40. The minimum Gasteiger partial charge on any atom is -0.494 e. The monoisotopic (exact) mass is 283 g/mol. The van der Waals surface area contributed by atoms with Crippen LogP contribution >= 0.6 is 0 Å². The fraction of sp³-hybridized carbons (Fsp3) is 0.333. The van der Waals surface area contributed by atoms with Gasteiger partial charge in [-0.1, -0.05) is 30.3 Å². The highest BCUT2D eigenvalue weighted by molar-refractivity contribution is 5.40. The Morgan fingerprint density at radius 2 is 1.76 bits per heavy atom. The molecule has 0 saturated heterocycles. The normalized spacial score (nSPS) is 14.8. The van der Waals surface area contributed by atoms with Crippen molar-refractivity contribution in [3.8, 4) is 5.75 Å². The highest BCUT2D eigenvalue weighted by atomic mass is 16.5. The Morgan fingerprint density at radius 1 is 1.05 bits per heavy atom. The molecule has 3 heteroatoms. The molecule has 2 aromatic rings. The van der Waals surface area contributed by atoms with Crippen molar-refractivity contribution in [3.63, 3.8) is 0 Å². The molecular weight excluding hydrogens is 262 g/mol. The zero-order chi connectivity index (χ0) is 14.7. The molecule has 21 heavy (non-hydrogen) atoms. The molecule has 1 atom stereocenters. The molecule has 0 bridgehead atoms. The van der Waals surface area contributed by atoms with Gasteiger partial charge in [0, 0.05) is 0 Å². The van der Waals surface area contributed by atoms with Gasteiger partial charge in [-0.15, -0.1) is 0 Å². The predicted octanol–water partition coefficient (Wildman–Crippen LogP) is 3.42. The fourth-order valence-corrected chi connectivity index (χ4v) is 2.82. The molecule has 0 aromatic heterocycles. The van der Waals surface area contributed by atoms with Crippen molar-refractivity contribution < 1.29 is 9.47 Å². The van der Waals surface area contributed by atoms with Crippen molar-refractivity contribution in [2.24, 2.45) is 0 Å². The molecule has 1 unspecified atom stereocenters. The van der Waals surface area contributed by atoms with Crippen LogP contribution < -0.4 is 10.1 Å². The van der Waals surface area contributed by atoms with E-state index in [1.807, 2.05) is 26.1 Å². The molecular formula is C18H21NO2. The van der Waals surface area contributed by atoms with Gasteiger partial charge in [-0.3, -0.25) is 0 Å². The Kier molecular flexibility index (Phi) is 4.23. The van der Waals surface area contributed by atoms with Crippen LogP contribution in [0.15, 0.2) is 42.5 Å². The van der Waals surface area contributed by atoms with Crippen LogP contribution in [0, 0.1) is 0 Å². The van der Waals surface area contributed by atoms with Crippen LogP contribution in [-0.4, -0.2) is 13.7 Å². The van der Waals surface area contributed by atoms with E-state index in [0.717, 1.165) is 19.0 Å². The summed E-state index contributed by atoms with van der Waals surface area (Å²) in [5.74, 6) is 0.915. The van der Waals surface area contributed by atoms with Gasteiger partial charge in [0.25, 0.3) is 0 Å². The second-order valence-corrected chi connectivity index (χ2v) is 5.24. The van der Waals surface area contributed by atoms with Crippen molar-refractivity contribution in [3.05, 3.63) is 64.7 Å². The van der Waals surface area contributed by atoms with Crippen molar-refractivity contribution in [2.75, 3.05) is 13.7 Å². The van der Waals surface area contributed by atoms with E-state index in [1.165, 1.54) is 22.3 Å². The quantitative estimate of drug-likeness (QED) is 0.912. The summed E-state index contributed by atoms with van der Waals surface area (Å²) < 4.78 is 11.0. The van der Waals surface area contributed by atoms with E-state index in [2.05, 4.69) is 35.6 Å². The lowest BCUT2D eigenvalue weighted by molar-refractivity contribution is 0.134. The van der Waals surface area contributed by atoms with Gasteiger partial charge in [-0.2, -0.15) is 0 Å². The molecule has 3 nitrogen and oxygen atoms in total. The first-order valence-electron chi connectivity index (χ1n) is 7.41. The molecule has 2 aromatic carbocycles. The Bertz CT molecular complexity index is 607. The molecule has 0 aliphatic carbocycles. The van der Waals surface area contributed by atoms with Crippen molar-refractivity contribution in [2.45, 2.75) is 26.2 Å². The van der Waals surface area contributed by atoms with E-state index >= 15 is 0 Å². The highest BCUT2D eigenvalue weighted by Crippen LogP contribution is 2.28. The second kappa shape index (κ2) is 6.29. The molecule has 1 aliphatic heterocycles. The fourth-order valence-electron chi connectivity index (χ4n) is 2.82. The number of benzene rings is 2. The minimum absolute atomic E-state index is 0.187. The number of nitrogens with one attached hydrogen (secondary N) is 1. The van der Waals surface area contributed by atoms with Crippen LogP contribution in [0.4, 0.5) is 0 Å². The molecule has 3 rings (SSSR count). The first-order valence-corrected chi connectivity index (χ1v) is 7.41. The zero-order valence-electron chi connectivity index (χ0n) is 12.6. The maximum absolute atomic E-state index is 5.50. The maximum atomic E-state index is 5.50. The van der Waals surface area contributed by atoms with Crippen molar-refractivity contribution >= 4 is 0 Å². The lowest BCUT2D eigenvalue weighted by Crippen LogP contribution is -2.17. The van der Waals surface area contributed by atoms with E-state index < -0.39 is 0 Å². The number of hydrogen-bond donors (Lipinski definition) is 1. The van der Waals surface area contributed by atoms with E-state index in [4.69, 9.17) is 9.47 Å². The van der Waals surface area contributed by atoms with Gasteiger partial charge in [0.1, 0.15) is 5.75 Å². The molecule has 1 aliphatic rings. The Hall–Kier alpha value is -1.84. The lowest BCUT2D eigenvalue weighted by atomic mass is 9.96. The second-order valence-electron chi connectivity index (χ2n) is 5.24. The molecule has 1 N–H and O–H groups in total. The summed E-state index contributed by atoms with van der Waals surface area (Å²) in [5.41, 5.74) is 5.12. The van der Waals surface area contributed by atoms with Gasteiger partial charge in [-0.25, -0.2) is 0 Å². The molecule has 0 spiro atoms. The summed E-state index contributed by atoms with van der Waals surface area (Å²) in [6.45, 7) is 4.16. The third-order valence-electron chi connectivity index (χ3n) is 3.89. The van der Waals surface area contributed by atoms with E-state index in [9.17, 15) is 0 Å². The SMILES string of the molecule is CCOc1ccc(C(NC)c2ccc3c(c2)COC3)cc1. The molecule has 0 radical (unpaired) electrons. The predicted molar refractivity (Wildman–Crippen MR) is 83.4 cm³/mol. The highest BCUT2D eigenvalue weighted by Gasteiger charge is 2.16. The molecule has 1 heterocycles. The summed E-state index contributed by atoms with van der Waals surface area (Å²) >= 11 is 0. The van der Waals surface area contributed by atoms with Crippen LogP contribution in [0.25, 0.3) is 0 Å². The van der Waals surface area contributed by atoms with Gasteiger partial charge in [0.15, 0.2) is 0 Å². The summed E-state index contributed by atoms with van der Waals surface area (Å²) in [7, 11) is 1.99. The van der Waals surface area contributed by atoms with Gasteiger partial charge in [-0.05, 0) is 48.4 Å². The van der Waals surface area contributed by atoms with E-state index in [0.29, 0.717) is 6.61 Å². The zero-order valence-corrected chi connectivity index (χ0v) is 12.6. The van der Waals surface area contributed by atoms with Crippen molar-refractivity contribution in [1.29, 1.82) is 0 Å². The van der Waals surface area contributed by atoms with Crippen LogP contribution in [0.2, 0.25) is 0 Å². The van der Waals surface area contributed by atoms with Crippen molar-refractivity contribution in [1.82, 2.24) is 5.32 Å². The van der Waals surface area contributed by atoms with Gasteiger partial charge in [0.2, 0.25) is 0 Å². The summed E-state index contributed by atoms with van der Waals surface area (Å²) in [4.78, 5) is 0. The number of fused-ring (bicyclic) bond motifs is 1. The largest absolute Gasteiger partial charge is 0.494 e. The first kappa shape index (κ1) is 14.1. The average molecular weight is 283 g/mol. The maximum Gasteiger partial charge on any atom is 0.119 e. The van der Waals surface area contributed by atoms with Gasteiger partial charge < -0.3 is 14.8 Å². The van der Waals surface area contributed by atoms with E-state index in [-0.39, 0.29) is 6.04 Å². The lowest BCUT2D eigenvalue weighted by Gasteiger charge is -2.18. The Labute approximate surface area is 125 Å². The topological polar surface area (TPSA) is 30.5 Å². The van der Waals surface area contributed by atoms with Crippen LogP contribution in [0.3, 0.4) is 0 Å².